The van der Waals surface area contributed by atoms with E-state index in [1.54, 1.807) is 0 Å². The van der Waals surface area contributed by atoms with E-state index in [0.717, 1.165) is 0 Å². The molecule has 0 spiro atoms. The zero-order chi connectivity index (χ0) is 5.70. The minimum Gasteiger partial charge on any atom is -0.788 e. The molecule has 0 aromatic carbocycles. The van der Waals surface area contributed by atoms with Crippen molar-refractivity contribution in [2.45, 2.75) is 6.10 Å². The van der Waals surface area contributed by atoms with E-state index >= 15 is 0 Å². The van der Waals surface area contributed by atoms with Gasteiger partial charge in [-0.25, -0.2) is 0 Å². The summed E-state index contributed by atoms with van der Waals surface area (Å²) in [5, 5.41) is 25.8. The molecule has 44 valence electrons. The Bertz CT molecular complexity index is 41.2. The maximum atomic E-state index is 9.38. The molecule has 7 heavy (non-hydrogen) atoms. The summed E-state index contributed by atoms with van der Waals surface area (Å²) in [5.41, 5.74) is 1.46. The van der Waals surface area contributed by atoms with E-state index in [4.69, 9.17) is 10.2 Å². The summed E-state index contributed by atoms with van der Waals surface area (Å²) in [4.78, 5) is 0. The Hall–Kier alpha value is -0.160. The zero-order valence-corrected chi connectivity index (χ0v) is 3.79. The Morgan fingerprint density at radius 1 is 1.71 bits per heavy atom. The first-order valence-electron chi connectivity index (χ1n) is 1.95. The molecule has 0 heterocycles. The van der Waals surface area contributed by atoms with Crippen LogP contribution in [0.3, 0.4) is 0 Å². The predicted octanol–water partition coefficient (Wildman–Crippen LogP) is -1.57. The molecule has 0 amide bonds. The van der Waals surface area contributed by atoms with E-state index in [2.05, 4.69) is 0 Å². The topological polar surface area (TPSA) is 75.5 Å². The maximum absolute atomic E-state index is 9.38. The Balaban J connectivity index is 2.83. The highest BCUT2D eigenvalue weighted by atomic mass is 16.5. The second kappa shape index (κ2) is 4.01. The lowest BCUT2D eigenvalue weighted by Crippen LogP contribution is -2.25. The van der Waals surface area contributed by atoms with Crippen molar-refractivity contribution in [1.82, 2.24) is 5.48 Å². The minimum absolute atomic E-state index is 0.101. The van der Waals surface area contributed by atoms with E-state index in [1.807, 2.05) is 0 Å². The first-order valence-corrected chi connectivity index (χ1v) is 1.95. The summed E-state index contributed by atoms with van der Waals surface area (Å²) in [7, 11) is 0. The normalized spacial score (nSPS) is 14.1. The fraction of sp³-hybridized carbons (Fsp3) is 1.00. The highest BCUT2D eigenvalue weighted by Crippen LogP contribution is 1.72. The van der Waals surface area contributed by atoms with Gasteiger partial charge in [-0.1, -0.05) is 0 Å². The molecule has 0 aliphatic heterocycles. The molecule has 0 radical (unpaired) electrons. The van der Waals surface area contributed by atoms with Crippen molar-refractivity contribution >= 4 is 0 Å². The van der Waals surface area contributed by atoms with Crippen LogP contribution in [0.5, 0.6) is 0 Å². The number of rotatable bonds is 3. The van der Waals surface area contributed by atoms with Gasteiger partial charge in [-0.15, -0.1) is 0 Å². The van der Waals surface area contributed by atoms with Gasteiger partial charge in [0.25, 0.3) is 0 Å². The second-order valence-corrected chi connectivity index (χ2v) is 1.18. The largest absolute Gasteiger partial charge is 0.788 e. The second-order valence-electron chi connectivity index (χ2n) is 1.18. The maximum Gasteiger partial charge on any atom is 0.0886 e. The summed E-state index contributed by atoms with van der Waals surface area (Å²) in [5.74, 6) is 0. The van der Waals surface area contributed by atoms with Crippen molar-refractivity contribution in [3.63, 3.8) is 0 Å². The van der Waals surface area contributed by atoms with Crippen LogP contribution in [-0.4, -0.2) is 29.5 Å². The average molecular weight is 106 g/mol. The third kappa shape index (κ3) is 3.68. The summed E-state index contributed by atoms with van der Waals surface area (Å²) >= 11 is 0. The van der Waals surface area contributed by atoms with Crippen LogP contribution in [0.25, 0.3) is 0 Å². The number of aliphatic hydroxyl groups is 2. The number of hydroxylamine groups is 1. The molecule has 0 fully saturated rings. The van der Waals surface area contributed by atoms with Crippen molar-refractivity contribution in [1.29, 1.82) is 0 Å². The van der Waals surface area contributed by atoms with Gasteiger partial charge in [0, 0.05) is 6.54 Å². The molecule has 0 aromatic rings. The Kier molecular flexibility index (Phi) is 3.92. The number of aliphatic hydroxyl groups excluding tert-OH is 2. The molecule has 0 saturated carbocycles. The van der Waals surface area contributed by atoms with Crippen LogP contribution in [0.1, 0.15) is 0 Å². The van der Waals surface area contributed by atoms with Gasteiger partial charge in [-0.2, -0.15) is 0 Å². The van der Waals surface area contributed by atoms with Gasteiger partial charge in [0.05, 0.1) is 12.7 Å². The highest BCUT2D eigenvalue weighted by molar-refractivity contribution is 4.55. The first-order chi connectivity index (χ1) is 3.31. The average Bonchev–Trinajstić information content (AvgIpc) is 1.68. The SMILES string of the molecule is [O-]NCC(O)CO. The van der Waals surface area contributed by atoms with Crippen LogP contribution in [0.2, 0.25) is 0 Å². The van der Waals surface area contributed by atoms with Gasteiger partial charge in [-0.05, 0) is 0 Å². The first kappa shape index (κ1) is 6.84. The van der Waals surface area contributed by atoms with E-state index in [0.29, 0.717) is 0 Å². The van der Waals surface area contributed by atoms with Crippen LogP contribution < -0.4 is 5.48 Å². The van der Waals surface area contributed by atoms with E-state index in [-0.39, 0.29) is 13.2 Å². The molecule has 0 aromatic heterocycles. The van der Waals surface area contributed by atoms with Crippen LogP contribution in [0, 0.1) is 5.21 Å². The molecule has 0 aliphatic rings. The van der Waals surface area contributed by atoms with Crippen LogP contribution in [-0.2, 0) is 0 Å². The van der Waals surface area contributed by atoms with Gasteiger partial charge >= 0.3 is 0 Å². The minimum atomic E-state index is -0.919. The van der Waals surface area contributed by atoms with Crippen molar-refractivity contribution in [3.8, 4) is 0 Å². The third-order valence-electron chi connectivity index (χ3n) is 0.530. The Morgan fingerprint density at radius 3 is 2.43 bits per heavy atom. The van der Waals surface area contributed by atoms with Gasteiger partial charge in [0.1, 0.15) is 0 Å². The summed E-state index contributed by atoms with van der Waals surface area (Å²) in [6.07, 6.45) is -0.919. The summed E-state index contributed by atoms with van der Waals surface area (Å²) < 4.78 is 0. The molecule has 3 N–H and O–H groups in total. The molecule has 0 saturated heterocycles. The predicted molar refractivity (Wildman–Crippen MR) is 24.5 cm³/mol. The number of nitrogens with one attached hydrogen (secondary N) is 1. The van der Waals surface area contributed by atoms with Crippen LogP contribution >= 0.6 is 0 Å². The highest BCUT2D eigenvalue weighted by Gasteiger charge is 1.93. The molecule has 0 aliphatic carbocycles. The summed E-state index contributed by atoms with van der Waals surface area (Å²) in [6.45, 7) is -0.467. The van der Waals surface area contributed by atoms with Crippen molar-refractivity contribution in [2.24, 2.45) is 0 Å². The summed E-state index contributed by atoms with van der Waals surface area (Å²) in [6, 6.07) is 0. The quantitative estimate of drug-likeness (QED) is 0.380. The molecular formula is C3H8NO3-. The van der Waals surface area contributed by atoms with E-state index < -0.39 is 6.10 Å². The fourth-order valence-corrected chi connectivity index (χ4v) is 0.161. The number of hydrogen-bond donors (Lipinski definition) is 3. The van der Waals surface area contributed by atoms with Gasteiger partial charge in [-0.3, -0.25) is 0 Å². The lowest BCUT2D eigenvalue weighted by molar-refractivity contribution is 0.0972. The lowest BCUT2D eigenvalue weighted by Gasteiger charge is -2.09. The van der Waals surface area contributed by atoms with Crippen molar-refractivity contribution < 1.29 is 10.2 Å². The van der Waals surface area contributed by atoms with Gasteiger partial charge < -0.3 is 20.9 Å². The molecule has 4 heteroatoms. The standard InChI is InChI=1S/C3H8NO3/c5-2-3(6)1-4-7/h3-6H,1-2H2/q-1. The van der Waals surface area contributed by atoms with E-state index in [9.17, 15) is 5.21 Å². The monoisotopic (exact) mass is 106 g/mol. The molecule has 4 nitrogen and oxygen atoms in total. The lowest BCUT2D eigenvalue weighted by atomic mass is 10.4. The van der Waals surface area contributed by atoms with E-state index in [1.165, 1.54) is 5.48 Å². The Morgan fingerprint density at radius 2 is 2.29 bits per heavy atom. The van der Waals surface area contributed by atoms with Crippen LogP contribution in [0.15, 0.2) is 0 Å². The van der Waals surface area contributed by atoms with Gasteiger partial charge in [0.2, 0.25) is 0 Å². The fourth-order valence-electron chi connectivity index (χ4n) is 0.161. The zero-order valence-electron chi connectivity index (χ0n) is 3.79. The molecule has 0 bridgehead atoms. The molecule has 1 unspecified atom stereocenters. The molecular weight excluding hydrogens is 98.0 g/mol. The smallest absolute Gasteiger partial charge is 0.0886 e. The molecule has 0 rings (SSSR count). The molecule has 1 atom stereocenters. The Labute approximate surface area is 41.4 Å². The third-order valence-corrected chi connectivity index (χ3v) is 0.530. The van der Waals surface area contributed by atoms with Crippen LogP contribution in [0.4, 0.5) is 0 Å². The van der Waals surface area contributed by atoms with Gasteiger partial charge in [0.15, 0.2) is 0 Å². The number of hydrogen-bond acceptors (Lipinski definition) is 4. The van der Waals surface area contributed by atoms with Crippen molar-refractivity contribution in [2.75, 3.05) is 13.2 Å². The van der Waals surface area contributed by atoms with Crippen molar-refractivity contribution in [3.05, 3.63) is 5.21 Å².